The standard InChI is InChI=1S/C23H35ClFN9O2/c1-3-15-13-33(19(30-14-26)11-29-12-20(35)28-2)8-9-34(15)16-4-6-32(7-5-16)23(36)17-10-18(25)22(27)31-21(17)24/h10-11,15-16H,3-9,12-14,26H2,1-2H3,(H2,27,31)(H,28,35)/b29-11?,30-19+. The fourth-order valence-electron chi connectivity index (χ4n) is 4.73. The number of carbonyl (C=O) groups excluding carboxylic acids is 2. The second kappa shape index (κ2) is 12.9. The Kier molecular flexibility index (Phi) is 9.97. The van der Waals surface area contributed by atoms with Gasteiger partial charge in [0.25, 0.3) is 5.91 Å². The van der Waals surface area contributed by atoms with Crippen molar-refractivity contribution in [3.63, 3.8) is 0 Å². The molecule has 1 unspecified atom stereocenters. The van der Waals surface area contributed by atoms with Crippen LogP contribution in [-0.4, -0.2) is 109 Å². The smallest absolute Gasteiger partial charge is 0.257 e. The van der Waals surface area contributed by atoms with E-state index < -0.39 is 5.82 Å². The molecule has 2 aliphatic heterocycles. The van der Waals surface area contributed by atoms with Crippen LogP contribution < -0.4 is 16.8 Å². The topological polar surface area (TPSA) is 146 Å². The summed E-state index contributed by atoms with van der Waals surface area (Å²) in [5.41, 5.74) is 11.1. The van der Waals surface area contributed by atoms with E-state index in [9.17, 15) is 14.0 Å². The van der Waals surface area contributed by atoms with Crippen LogP contribution in [0, 0.1) is 5.82 Å². The molecule has 0 spiro atoms. The first kappa shape index (κ1) is 27.8. The van der Waals surface area contributed by atoms with E-state index in [4.69, 9.17) is 23.1 Å². The van der Waals surface area contributed by atoms with Gasteiger partial charge < -0.3 is 26.6 Å². The number of likely N-dealkylation sites (tertiary alicyclic amines) is 1. The molecule has 0 saturated carbocycles. The van der Waals surface area contributed by atoms with Gasteiger partial charge in [-0.1, -0.05) is 18.5 Å². The lowest BCUT2D eigenvalue weighted by atomic mass is 9.97. The van der Waals surface area contributed by atoms with E-state index in [1.807, 2.05) is 0 Å². The number of nitrogens with zero attached hydrogens (tertiary/aromatic N) is 6. The van der Waals surface area contributed by atoms with E-state index in [1.54, 1.807) is 18.2 Å². The number of nitrogens with two attached hydrogens (primary N) is 2. The zero-order valence-corrected chi connectivity index (χ0v) is 21.5. The predicted octanol–water partition coefficient (Wildman–Crippen LogP) is 0.589. The van der Waals surface area contributed by atoms with Crippen LogP contribution in [0.15, 0.2) is 16.1 Å². The van der Waals surface area contributed by atoms with Crippen LogP contribution in [0.3, 0.4) is 0 Å². The summed E-state index contributed by atoms with van der Waals surface area (Å²) in [5, 5.41) is 2.46. The Morgan fingerprint density at radius 3 is 2.64 bits per heavy atom. The van der Waals surface area contributed by atoms with Crippen LogP contribution in [0.1, 0.15) is 36.5 Å². The first-order chi connectivity index (χ1) is 17.3. The van der Waals surface area contributed by atoms with Crippen LogP contribution in [0.5, 0.6) is 0 Å². The number of rotatable bonds is 7. The molecule has 13 heteroatoms. The number of likely N-dealkylation sites (N-methyl/N-ethyl adjacent to an activating group) is 1. The van der Waals surface area contributed by atoms with E-state index in [2.05, 4.69) is 37.0 Å². The molecule has 1 aromatic heterocycles. The van der Waals surface area contributed by atoms with Crippen molar-refractivity contribution in [2.45, 2.75) is 38.3 Å². The van der Waals surface area contributed by atoms with Gasteiger partial charge in [-0.2, -0.15) is 0 Å². The molecule has 2 saturated heterocycles. The number of hydrogen-bond acceptors (Lipinski definition) is 8. The second-order valence-electron chi connectivity index (χ2n) is 8.80. The van der Waals surface area contributed by atoms with Gasteiger partial charge in [0.1, 0.15) is 17.5 Å². The fourth-order valence-corrected chi connectivity index (χ4v) is 4.95. The molecule has 0 aliphatic carbocycles. The van der Waals surface area contributed by atoms with Gasteiger partial charge in [-0.25, -0.2) is 9.37 Å². The zero-order chi connectivity index (χ0) is 26.2. The minimum Gasteiger partial charge on any atom is -0.381 e. The van der Waals surface area contributed by atoms with Crippen LogP contribution >= 0.6 is 11.6 Å². The average Bonchev–Trinajstić information content (AvgIpc) is 2.89. The highest BCUT2D eigenvalue weighted by molar-refractivity contribution is 6.32. The lowest BCUT2D eigenvalue weighted by Crippen LogP contribution is -2.59. The van der Waals surface area contributed by atoms with Crippen molar-refractivity contribution >= 4 is 41.3 Å². The van der Waals surface area contributed by atoms with Gasteiger partial charge in [0, 0.05) is 51.9 Å². The van der Waals surface area contributed by atoms with Crippen molar-refractivity contribution in [1.29, 1.82) is 0 Å². The largest absolute Gasteiger partial charge is 0.381 e. The number of piperazine rings is 1. The van der Waals surface area contributed by atoms with Crippen LogP contribution in [0.4, 0.5) is 10.2 Å². The molecule has 3 heterocycles. The summed E-state index contributed by atoms with van der Waals surface area (Å²) in [6, 6.07) is 1.69. The van der Waals surface area contributed by atoms with E-state index in [0.29, 0.717) is 31.0 Å². The van der Waals surface area contributed by atoms with Crippen molar-refractivity contribution in [1.82, 2.24) is 25.0 Å². The van der Waals surface area contributed by atoms with Crippen molar-refractivity contribution in [3.05, 3.63) is 22.6 Å². The van der Waals surface area contributed by atoms with E-state index in [0.717, 1.165) is 45.0 Å². The Morgan fingerprint density at radius 1 is 1.28 bits per heavy atom. The average molecular weight is 524 g/mol. The Balaban J connectivity index is 1.60. The van der Waals surface area contributed by atoms with Gasteiger partial charge in [-0.3, -0.25) is 24.5 Å². The Labute approximate surface area is 215 Å². The van der Waals surface area contributed by atoms with Gasteiger partial charge >= 0.3 is 0 Å². The summed E-state index contributed by atoms with van der Waals surface area (Å²) >= 11 is 6.06. The molecule has 2 fully saturated rings. The molecule has 1 aromatic rings. The molecular formula is C23H35ClFN9O2. The highest BCUT2D eigenvalue weighted by atomic mass is 35.5. The highest BCUT2D eigenvalue weighted by Crippen LogP contribution is 2.26. The number of nitrogens with one attached hydrogen (secondary N) is 1. The minimum atomic E-state index is -0.752. The van der Waals surface area contributed by atoms with Crippen LogP contribution in [0.25, 0.3) is 0 Å². The molecule has 5 N–H and O–H groups in total. The Morgan fingerprint density at radius 2 is 2.00 bits per heavy atom. The second-order valence-corrected chi connectivity index (χ2v) is 9.16. The van der Waals surface area contributed by atoms with Gasteiger partial charge in [-0.05, 0) is 25.3 Å². The monoisotopic (exact) mass is 523 g/mol. The third kappa shape index (κ3) is 6.68. The first-order valence-electron chi connectivity index (χ1n) is 12.1. The maximum Gasteiger partial charge on any atom is 0.257 e. The van der Waals surface area contributed by atoms with Gasteiger partial charge in [0.2, 0.25) is 5.91 Å². The number of amidine groups is 1. The van der Waals surface area contributed by atoms with Gasteiger partial charge in [-0.15, -0.1) is 0 Å². The number of pyridine rings is 1. The normalized spacial score (nSPS) is 20.2. The number of aliphatic imine (C=N–C) groups is 2. The maximum absolute atomic E-state index is 13.9. The van der Waals surface area contributed by atoms with Crippen molar-refractivity contribution in [2.24, 2.45) is 15.7 Å². The van der Waals surface area contributed by atoms with Crippen molar-refractivity contribution in [3.8, 4) is 0 Å². The molecule has 1 atom stereocenters. The SMILES string of the molecule is CCC1CN(/C(C=NCC(=O)NC)=N/CN)CCN1C1CCN(C(=O)c2cc(F)c(N)nc2Cl)CC1. The highest BCUT2D eigenvalue weighted by Gasteiger charge is 2.35. The summed E-state index contributed by atoms with van der Waals surface area (Å²) < 4.78 is 13.9. The van der Waals surface area contributed by atoms with E-state index >= 15 is 0 Å². The number of anilines is 1. The van der Waals surface area contributed by atoms with E-state index in [1.165, 1.54) is 0 Å². The molecule has 2 amide bonds. The third-order valence-electron chi connectivity index (χ3n) is 6.71. The van der Waals surface area contributed by atoms with E-state index in [-0.39, 0.29) is 41.6 Å². The lowest BCUT2D eigenvalue weighted by molar-refractivity contribution is -0.119. The summed E-state index contributed by atoms with van der Waals surface area (Å²) in [5.74, 6) is -0.893. The molecule has 0 radical (unpaired) electrons. The number of piperidine rings is 1. The van der Waals surface area contributed by atoms with Gasteiger partial charge in [0.05, 0.1) is 18.4 Å². The third-order valence-corrected chi connectivity index (χ3v) is 6.99. The molecule has 3 rings (SSSR count). The Bertz CT molecular complexity index is 998. The lowest BCUT2D eigenvalue weighted by Gasteiger charge is -2.47. The quantitative estimate of drug-likeness (QED) is 0.269. The zero-order valence-electron chi connectivity index (χ0n) is 20.8. The number of halogens is 2. The number of amides is 2. The summed E-state index contributed by atoms with van der Waals surface area (Å²) in [6.07, 6.45) is 4.19. The number of aromatic nitrogens is 1. The molecule has 0 bridgehead atoms. The van der Waals surface area contributed by atoms with Crippen molar-refractivity contribution < 1.29 is 14.0 Å². The number of carbonyl (C=O) groups is 2. The number of hydrogen-bond donors (Lipinski definition) is 3. The fraction of sp³-hybridized carbons (Fsp3) is 0.609. The summed E-state index contributed by atoms with van der Waals surface area (Å²) in [6.45, 7) is 5.80. The first-order valence-corrected chi connectivity index (χ1v) is 12.5. The summed E-state index contributed by atoms with van der Waals surface area (Å²) in [4.78, 5) is 43.1. The molecule has 36 heavy (non-hydrogen) atoms. The predicted molar refractivity (Wildman–Crippen MR) is 139 cm³/mol. The van der Waals surface area contributed by atoms with Crippen LogP contribution in [0.2, 0.25) is 5.15 Å². The Hall–Kier alpha value is -2.83. The molecule has 11 nitrogen and oxygen atoms in total. The number of nitrogen functional groups attached to an aromatic ring is 1. The van der Waals surface area contributed by atoms with Gasteiger partial charge in [0.15, 0.2) is 11.6 Å². The molecular weight excluding hydrogens is 489 g/mol. The van der Waals surface area contributed by atoms with Crippen molar-refractivity contribution in [2.75, 3.05) is 58.7 Å². The van der Waals surface area contributed by atoms with Crippen LogP contribution in [-0.2, 0) is 4.79 Å². The summed E-state index contributed by atoms with van der Waals surface area (Å²) in [7, 11) is 1.57. The molecule has 0 aromatic carbocycles. The molecule has 198 valence electrons. The maximum atomic E-state index is 13.9. The minimum absolute atomic E-state index is 0.0340. The molecule has 2 aliphatic rings.